The number of likely N-dealkylation sites (tertiary alicyclic amines) is 2. The van der Waals surface area contributed by atoms with Gasteiger partial charge in [-0.1, -0.05) is 50.0 Å². The first-order valence-corrected chi connectivity index (χ1v) is 25.2. The zero-order valence-corrected chi connectivity index (χ0v) is 40.7. The summed E-state index contributed by atoms with van der Waals surface area (Å²) < 4.78 is 3.39. The molecule has 0 aromatic carbocycles. The Hall–Kier alpha value is -7.06. The van der Waals surface area contributed by atoms with E-state index in [2.05, 4.69) is 41.2 Å². The van der Waals surface area contributed by atoms with Crippen molar-refractivity contribution < 1.29 is 29.4 Å². The number of pyridine rings is 2. The van der Waals surface area contributed by atoms with E-state index in [9.17, 15) is 39.0 Å². The molecule has 4 aliphatic heterocycles. The molecule has 6 aliphatic rings. The zero-order valence-electron chi connectivity index (χ0n) is 40.7. The average molecular weight is 985 g/mol. The van der Waals surface area contributed by atoms with Crippen molar-refractivity contribution in [1.29, 1.82) is 0 Å². The summed E-state index contributed by atoms with van der Waals surface area (Å²) >= 11 is 0. The van der Waals surface area contributed by atoms with Crippen LogP contribution in [0.1, 0.15) is 111 Å². The smallest absolute Gasteiger partial charge is 0.318 e. The van der Waals surface area contributed by atoms with Crippen LogP contribution in [-0.2, 0) is 35.8 Å². The maximum absolute atomic E-state index is 13.7. The Bertz CT molecular complexity index is 2600. The minimum atomic E-state index is -0.868. The third kappa shape index (κ3) is 9.80. The van der Waals surface area contributed by atoms with Gasteiger partial charge < -0.3 is 50.4 Å². The van der Waals surface area contributed by atoms with Gasteiger partial charge in [-0.3, -0.25) is 19.2 Å². The van der Waals surface area contributed by atoms with Gasteiger partial charge in [0.15, 0.2) is 0 Å². The largest absolute Gasteiger partial charge is 0.396 e. The summed E-state index contributed by atoms with van der Waals surface area (Å²) in [5.74, 6) is -2.23. The number of allylic oxidation sites excluding steroid dienone is 2. The SMILES string of the molecule is C/C=C/c1ccc2n(c1=O)C[C@@H]1[C@@H](CO)[C@H](C(=O)NCc3ccncn3)N(C(=O)NC3CCCC3)[C@H]21.C/C=C\c1ccc2n(c1=O)C[C@@H]1[C@@H](CO)[C@H](C(=O)NCc3ccncn3)N(C(=O)NC3CCCC3)[C@H]21. The topological polar surface area (TPSA) is 259 Å². The quantitative estimate of drug-likeness (QED) is 0.120. The lowest BCUT2D eigenvalue weighted by Crippen LogP contribution is -2.54. The fraction of sp³-hybridized carbons (Fsp3) is 0.500. The Labute approximate surface area is 417 Å². The van der Waals surface area contributed by atoms with Crippen LogP contribution in [0.2, 0.25) is 0 Å². The molecule has 2 saturated carbocycles. The minimum Gasteiger partial charge on any atom is -0.396 e. The molecule has 6 N–H and O–H groups in total. The highest BCUT2D eigenvalue weighted by molar-refractivity contribution is 5.89. The Balaban J connectivity index is 0.000000178. The number of carbonyl (C=O) groups excluding carboxylic acids is 4. The van der Waals surface area contributed by atoms with Gasteiger partial charge in [0, 0.05) is 97.0 Å². The van der Waals surface area contributed by atoms with Gasteiger partial charge in [0.05, 0.1) is 36.6 Å². The van der Waals surface area contributed by atoms with Crippen LogP contribution in [0, 0.1) is 23.7 Å². The second kappa shape index (κ2) is 22.1. The van der Waals surface area contributed by atoms with Crippen LogP contribution in [0.15, 0.2) is 83.2 Å². The number of amides is 6. The van der Waals surface area contributed by atoms with Gasteiger partial charge in [0.2, 0.25) is 11.8 Å². The predicted molar refractivity (Wildman–Crippen MR) is 265 cm³/mol. The van der Waals surface area contributed by atoms with Gasteiger partial charge in [-0.2, -0.15) is 0 Å². The zero-order chi connectivity index (χ0) is 50.5. The number of hydrogen-bond donors (Lipinski definition) is 6. The molecule has 2 aliphatic carbocycles. The first kappa shape index (κ1) is 49.9. The van der Waals surface area contributed by atoms with Crippen LogP contribution >= 0.6 is 0 Å². The van der Waals surface area contributed by atoms with Crippen LogP contribution in [0.5, 0.6) is 0 Å². The maximum Gasteiger partial charge on any atom is 0.318 e. The molecule has 0 radical (unpaired) electrons. The molecule has 72 heavy (non-hydrogen) atoms. The average Bonchev–Trinajstić information content (AvgIpc) is 4.27. The number of urea groups is 2. The molecule has 4 aromatic rings. The van der Waals surface area contributed by atoms with Crippen molar-refractivity contribution in [3.8, 4) is 0 Å². The third-order valence-electron chi connectivity index (χ3n) is 15.4. The van der Waals surface area contributed by atoms with Crippen molar-refractivity contribution in [2.24, 2.45) is 23.7 Å². The predicted octanol–water partition coefficient (Wildman–Crippen LogP) is 3.21. The van der Waals surface area contributed by atoms with E-state index in [4.69, 9.17) is 0 Å². The molecule has 0 bridgehead atoms. The first-order chi connectivity index (χ1) is 35.1. The molecule has 2 saturated heterocycles. The Morgan fingerprint density at radius 1 is 0.611 bits per heavy atom. The highest BCUT2D eigenvalue weighted by atomic mass is 16.3. The van der Waals surface area contributed by atoms with Gasteiger partial charge in [-0.25, -0.2) is 29.5 Å². The second-order valence-electron chi connectivity index (χ2n) is 19.6. The first-order valence-electron chi connectivity index (χ1n) is 25.2. The van der Waals surface area contributed by atoms with Gasteiger partial charge >= 0.3 is 12.1 Å². The number of carbonyl (C=O) groups is 4. The van der Waals surface area contributed by atoms with Crippen molar-refractivity contribution in [2.75, 3.05) is 13.2 Å². The van der Waals surface area contributed by atoms with Crippen LogP contribution in [0.25, 0.3) is 12.2 Å². The molecule has 8 heterocycles. The normalized spacial score (nSPS) is 25.2. The van der Waals surface area contributed by atoms with Crippen LogP contribution in [0.4, 0.5) is 9.59 Å². The van der Waals surface area contributed by atoms with Gasteiger partial charge in [0.25, 0.3) is 11.1 Å². The Kier molecular flexibility index (Phi) is 15.4. The number of fused-ring (bicyclic) bond motifs is 6. The summed E-state index contributed by atoms with van der Waals surface area (Å²) in [7, 11) is 0. The minimum absolute atomic E-state index is 0.0644. The van der Waals surface area contributed by atoms with Gasteiger partial charge in [-0.05, 0) is 75.9 Å². The third-order valence-corrected chi connectivity index (χ3v) is 15.4. The molecule has 4 aromatic heterocycles. The van der Waals surface area contributed by atoms with Crippen molar-refractivity contribution in [1.82, 2.24) is 60.1 Å². The number of hydrogen-bond acceptors (Lipinski definition) is 12. The monoisotopic (exact) mass is 984 g/mol. The number of aliphatic hydroxyl groups is 2. The lowest BCUT2D eigenvalue weighted by molar-refractivity contribution is -0.127. The number of aromatic nitrogens is 6. The van der Waals surface area contributed by atoms with Crippen LogP contribution < -0.4 is 32.4 Å². The van der Waals surface area contributed by atoms with Crippen molar-refractivity contribution in [3.63, 3.8) is 0 Å². The second-order valence-corrected chi connectivity index (χ2v) is 19.6. The molecule has 0 spiro atoms. The number of nitrogens with zero attached hydrogens (tertiary/aromatic N) is 8. The van der Waals surface area contributed by atoms with Gasteiger partial charge in [-0.15, -0.1) is 0 Å². The van der Waals surface area contributed by atoms with Crippen LogP contribution in [0.3, 0.4) is 0 Å². The standard InChI is InChI=1S/2C26H32N6O4/c2*1-2-5-16-8-9-21-22-19(13-31(21)25(16)35)20(14-33)23(24(34)28-12-18-10-11-27-15-29-18)32(22)26(36)30-17-6-3-4-7-17/h2*2,5,8-11,15,17,19-20,22-23,33H,3-4,6-7,12-14H2,1H3,(H,28,34)(H,30,36)/b5-2+;5-2-/t2*19-,20-,22+,23-/m11/s1. The van der Waals surface area contributed by atoms with E-state index in [-0.39, 0.29) is 85.2 Å². The van der Waals surface area contributed by atoms with Crippen molar-refractivity contribution >= 4 is 36.0 Å². The summed E-state index contributed by atoms with van der Waals surface area (Å²) in [6.45, 7) is 4.23. The summed E-state index contributed by atoms with van der Waals surface area (Å²) in [6, 6.07) is 7.47. The Morgan fingerprint density at radius 3 is 1.36 bits per heavy atom. The van der Waals surface area contributed by atoms with E-state index in [0.29, 0.717) is 47.0 Å². The lowest BCUT2D eigenvalue weighted by atomic mass is 9.88. The maximum atomic E-state index is 13.7. The van der Waals surface area contributed by atoms with E-state index in [1.54, 1.807) is 67.7 Å². The number of nitrogens with one attached hydrogen (secondary N) is 4. The lowest BCUT2D eigenvalue weighted by Gasteiger charge is -2.32. The molecule has 0 unspecified atom stereocenters. The van der Waals surface area contributed by atoms with Crippen molar-refractivity contribution in [3.05, 3.63) is 128 Å². The number of rotatable bonds is 12. The van der Waals surface area contributed by atoms with E-state index in [0.717, 1.165) is 51.4 Å². The summed E-state index contributed by atoms with van der Waals surface area (Å²) in [6.07, 6.45) is 21.1. The highest BCUT2D eigenvalue weighted by Gasteiger charge is 2.59. The molecule has 20 heteroatoms. The van der Waals surface area contributed by atoms with E-state index in [1.807, 2.05) is 38.1 Å². The van der Waals surface area contributed by atoms with E-state index >= 15 is 0 Å². The van der Waals surface area contributed by atoms with E-state index < -0.39 is 36.0 Å². The molecule has 6 amide bonds. The Morgan fingerprint density at radius 2 is 1.01 bits per heavy atom. The summed E-state index contributed by atoms with van der Waals surface area (Å²) in [4.78, 5) is 100.0. The number of aliphatic hydroxyl groups excluding tert-OH is 2. The molecular formula is C52H64N12O8. The highest BCUT2D eigenvalue weighted by Crippen LogP contribution is 2.51. The molecule has 20 nitrogen and oxygen atoms in total. The fourth-order valence-electron chi connectivity index (χ4n) is 12.1. The fourth-order valence-corrected chi connectivity index (χ4v) is 12.1. The molecule has 4 fully saturated rings. The van der Waals surface area contributed by atoms with Crippen molar-refractivity contribution in [2.45, 2.75) is 128 Å². The molecule has 8 atom stereocenters. The van der Waals surface area contributed by atoms with E-state index in [1.165, 1.54) is 12.7 Å². The molecular weight excluding hydrogens is 921 g/mol. The molecule has 380 valence electrons. The summed E-state index contributed by atoms with van der Waals surface area (Å²) in [5, 5.41) is 32.9. The molecule has 10 rings (SSSR count). The van der Waals surface area contributed by atoms with Crippen LogP contribution in [-0.4, -0.2) is 110 Å². The summed E-state index contributed by atoms with van der Waals surface area (Å²) in [5.41, 5.74) is 3.58. The van der Waals surface area contributed by atoms with Gasteiger partial charge in [0.1, 0.15) is 24.7 Å².